The maximum atomic E-state index is 12.8. The molecule has 0 fully saturated rings. The minimum Gasteiger partial charge on any atom is -0.325 e. The van der Waals surface area contributed by atoms with Crippen LogP contribution in [0, 0.1) is 0 Å². The Labute approximate surface area is 160 Å². The predicted octanol–water partition coefficient (Wildman–Crippen LogP) is 3.31. The van der Waals surface area contributed by atoms with Crippen LogP contribution in [-0.4, -0.2) is 32.9 Å². The van der Waals surface area contributed by atoms with E-state index in [0.29, 0.717) is 0 Å². The fraction of sp³-hybridized carbons (Fsp3) is 0.222. The molecule has 150 valence electrons. The van der Waals surface area contributed by atoms with Crippen LogP contribution in [0.2, 0.25) is 0 Å². The van der Waals surface area contributed by atoms with Crippen molar-refractivity contribution in [3.8, 4) is 0 Å². The van der Waals surface area contributed by atoms with Crippen LogP contribution in [0.4, 0.5) is 24.5 Å². The summed E-state index contributed by atoms with van der Waals surface area (Å²) in [5.74, 6) is -1.12. The topological polar surface area (TPSA) is 83.6 Å². The van der Waals surface area contributed by atoms with Gasteiger partial charge in [-0.15, -0.1) is 0 Å². The molecule has 0 aliphatic rings. The molecule has 0 spiro atoms. The van der Waals surface area contributed by atoms with E-state index < -0.39 is 34.2 Å². The molecule has 0 atom stereocenters. The van der Waals surface area contributed by atoms with Crippen LogP contribution in [0.5, 0.6) is 0 Å². The van der Waals surface area contributed by atoms with Crippen molar-refractivity contribution in [3.05, 3.63) is 59.7 Å². The Balaban J connectivity index is 2.26. The average molecular weight is 414 g/mol. The Kier molecular flexibility index (Phi) is 6.13. The van der Waals surface area contributed by atoms with E-state index in [-0.39, 0.29) is 22.7 Å². The van der Waals surface area contributed by atoms with E-state index in [1.165, 1.54) is 37.3 Å². The summed E-state index contributed by atoms with van der Waals surface area (Å²) in [4.78, 5) is 23.8. The number of Topliss-reactive ketones (excluding diaryl/α,β-unsaturated/α-hetero) is 1. The third-order valence-corrected chi connectivity index (χ3v) is 4.84. The number of hydrogen-bond donors (Lipinski definition) is 1. The van der Waals surface area contributed by atoms with Crippen molar-refractivity contribution < 1.29 is 31.2 Å². The Bertz CT molecular complexity index is 1000. The Morgan fingerprint density at radius 1 is 1.07 bits per heavy atom. The number of carbonyl (C=O) groups is 2. The van der Waals surface area contributed by atoms with Crippen molar-refractivity contribution >= 4 is 33.1 Å². The zero-order chi connectivity index (χ0) is 21.1. The number of ketones is 1. The molecule has 2 rings (SSSR count). The van der Waals surface area contributed by atoms with E-state index >= 15 is 0 Å². The molecular formula is C18H17F3N2O4S. The Morgan fingerprint density at radius 3 is 2.29 bits per heavy atom. The third-order valence-electron chi connectivity index (χ3n) is 3.70. The molecule has 1 amide bonds. The smallest absolute Gasteiger partial charge is 0.325 e. The molecule has 0 bridgehead atoms. The highest BCUT2D eigenvalue weighted by atomic mass is 32.2. The summed E-state index contributed by atoms with van der Waals surface area (Å²) in [6.07, 6.45) is -3.70. The van der Waals surface area contributed by atoms with Gasteiger partial charge in [0.1, 0.15) is 6.54 Å². The monoisotopic (exact) mass is 414 g/mol. The molecule has 0 heterocycles. The van der Waals surface area contributed by atoms with Crippen molar-refractivity contribution in [3.63, 3.8) is 0 Å². The van der Waals surface area contributed by atoms with Gasteiger partial charge in [0.05, 0.1) is 17.5 Å². The fourth-order valence-corrected chi connectivity index (χ4v) is 3.23. The van der Waals surface area contributed by atoms with Gasteiger partial charge in [-0.2, -0.15) is 13.2 Å². The molecule has 2 aromatic carbocycles. The van der Waals surface area contributed by atoms with Crippen LogP contribution >= 0.6 is 0 Å². The molecule has 0 aliphatic heterocycles. The molecule has 0 radical (unpaired) electrons. The van der Waals surface area contributed by atoms with Gasteiger partial charge >= 0.3 is 6.18 Å². The van der Waals surface area contributed by atoms with Crippen molar-refractivity contribution in [2.75, 3.05) is 22.4 Å². The van der Waals surface area contributed by atoms with Crippen molar-refractivity contribution in [2.45, 2.75) is 13.1 Å². The van der Waals surface area contributed by atoms with Gasteiger partial charge in [0, 0.05) is 11.3 Å². The van der Waals surface area contributed by atoms with Gasteiger partial charge in [-0.1, -0.05) is 18.2 Å². The molecule has 0 unspecified atom stereocenters. The summed E-state index contributed by atoms with van der Waals surface area (Å²) >= 11 is 0. The highest BCUT2D eigenvalue weighted by Crippen LogP contribution is 2.30. The van der Waals surface area contributed by atoms with Crippen LogP contribution < -0.4 is 9.62 Å². The van der Waals surface area contributed by atoms with Crippen LogP contribution in [0.3, 0.4) is 0 Å². The second-order valence-corrected chi connectivity index (χ2v) is 7.91. The van der Waals surface area contributed by atoms with Gasteiger partial charge in [0.25, 0.3) is 0 Å². The highest BCUT2D eigenvalue weighted by Gasteiger charge is 2.30. The summed E-state index contributed by atoms with van der Waals surface area (Å²) in [5, 5.41) is 2.25. The number of nitrogens with one attached hydrogen (secondary N) is 1. The molecule has 6 nitrogen and oxygen atoms in total. The lowest BCUT2D eigenvalue weighted by atomic mass is 10.1. The SMILES string of the molecule is CC(=O)c1cccc(N(CC(=O)Nc2cccc(C(F)(F)F)c2)S(C)(=O)=O)c1. The molecule has 2 aromatic rings. The van der Waals surface area contributed by atoms with Gasteiger partial charge < -0.3 is 5.32 Å². The number of hydrogen-bond acceptors (Lipinski definition) is 4. The van der Waals surface area contributed by atoms with Gasteiger partial charge in [-0.25, -0.2) is 8.42 Å². The molecule has 0 aliphatic carbocycles. The maximum absolute atomic E-state index is 12.8. The number of sulfonamides is 1. The molecule has 28 heavy (non-hydrogen) atoms. The van der Waals surface area contributed by atoms with E-state index in [1.54, 1.807) is 0 Å². The number of rotatable bonds is 6. The summed E-state index contributed by atoms with van der Waals surface area (Å²) in [5.41, 5.74) is -0.718. The van der Waals surface area contributed by atoms with E-state index in [2.05, 4.69) is 5.32 Å². The number of amides is 1. The molecule has 0 aromatic heterocycles. The van der Waals surface area contributed by atoms with E-state index in [4.69, 9.17) is 0 Å². The number of alkyl halides is 3. The third kappa shape index (κ3) is 5.56. The largest absolute Gasteiger partial charge is 0.416 e. The van der Waals surface area contributed by atoms with Crippen molar-refractivity contribution in [1.29, 1.82) is 0 Å². The van der Waals surface area contributed by atoms with Crippen LogP contribution in [0.25, 0.3) is 0 Å². The lowest BCUT2D eigenvalue weighted by molar-refractivity contribution is -0.137. The fourth-order valence-electron chi connectivity index (χ4n) is 2.38. The first-order valence-corrected chi connectivity index (χ1v) is 9.78. The van der Waals surface area contributed by atoms with Gasteiger partial charge in [0.2, 0.25) is 15.9 Å². The average Bonchev–Trinajstić information content (AvgIpc) is 2.58. The van der Waals surface area contributed by atoms with E-state index in [1.807, 2.05) is 0 Å². The standard InChI is InChI=1S/C18H17F3N2O4S/c1-12(24)13-5-3-8-16(9-13)23(28(2,26)27)11-17(25)22-15-7-4-6-14(10-15)18(19,20)21/h3-10H,11H2,1-2H3,(H,22,25). The minimum atomic E-state index is -4.58. The quantitative estimate of drug-likeness (QED) is 0.735. The number of benzene rings is 2. The number of carbonyl (C=O) groups excluding carboxylic acids is 2. The number of halogens is 3. The molecule has 0 saturated carbocycles. The molecule has 10 heteroatoms. The first-order valence-electron chi connectivity index (χ1n) is 7.94. The van der Waals surface area contributed by atoms with Gasteiger partial charge in [-0.05, 0) is 37.3 Å². The normalized spacial score (nSPS) is 11.8. The number of anilines is 2. The molecular weight excluding hydrogens is 397 g/mol. The van der Waals surface area contributed by atoms with Crippen LogP contribution in [0.15, 0.2) is 48.5 Å². The first-order chi connectivity index (χ1) is 12.9. The van der Waals surface area contributed by atoms with E-state index in [9.17, 15) is 31.2 Å². The van der Waals surface area contributed by atoms with Gasteiger partial charge in [-0.3, -0.25) is 13.9 Å². The second-order valence-electron chi connectivity index (χ2n) is 6.00. The maximum Gasteiger partial charge on any atom is 0.416 e. The summed E-state index contributed by atoms with van der Waals surface area (Å²) in [6, 6.07) is 9.68. The zero-order valence-electron chi connectivity index (χ0n) is 14.9. The minimum absolute atomic E-state index is 0.0920. The zero-order valence-corrected chi connectivity index (χ0v) is 15.8. The lowest BCUT2D eigenvalue weighted by Crippen LogP contribution is -2.37. The highest BCUT2D eigenvalue weighted by molar-refractivity contribution is 7.92. The summed E-state index contributed by atoms with van der Waals surface area (Å²) in [6.45, 7) is 0.640. The molecule has 0 saturated heterocycles. The summed E-state index contributed by atoms with van der Waals surface area (Å²) < 4.78 is 63.3. The van der Waals surface area contributed by atoms with Crippen molar-refractivity contribution in [2.24, 2.45) is 0 Å². The number of nitrogens with zero attached hydrogens (tertiary/aromatic N) is 1. The second kappa shape index (κ2) is 8.01. The predicted molar refractivity (Wildman–Crippen MR) is 98.7 cm³/mol. The van der Waals surface area contributed by atoms with E-state index in [0.717, 1.165) is 28.8 Å². The Morgan fingerprint density at radius 2 is 1.71 bits per heavy atom. The lowest BCUT2D eigenvalue weighted by Gasteiger charge is -2.22. The first kappa shape index (κ1) is 21.4. The van der Waals surface area contributed by atoms with Gasteiger partial charge in [0.15, 0.2) is 5.78 Å². The Hall–Kier alpha value is -2.88. The van der Waals surface area contributed by atoms with Crippen LogP contribution in [0.1, 0.15) is 22.8 Å². The van der Waals surface area contributed by atoms with Crippen LogP contribution in [-0.2, 0) is 21.0 Å². The summed E-state index contributed by atoms with van der Waals surface area (Å²) in [7, 11) is -3.90. The molecule has 1 N–H and O–H groups in total. The van der Waals surface area contributed by atoms with Crippen molar-refractivity contribution in [1.82, 2.24) is 0 Å².